The predicted molar refractivity (Wildman–Crippen MR) is 103 cm³/mol. The van der Waals surface area contributed by atoms with Crippen LogP contribution in [0.2, 0.25) is 0 Å². The van der Waals surface area contributed by atoms with E-state index in [4.69, 9.17) is 9.47 Å². The van der Waals surface area contributed by atoms with Crippen molar-refractivity contribution in [3.63, 3.8) is 0 Å². The highest BCUT2D eigenvalue weighted by Gasteiger charge is 2.14. The van der Waals surface area contributed by atoms with Crippen LogP contribution in [0.5, 0.6) is 11.5 Å². The summed E-state index contributed by atoms with van der Waals surface area (Å²) >= 11 is 0. The van der Waals surface area contributed by atoms with E-state index in [0.29, 0.717) is 23.7 Å². The molecular weight excluding hydrogens is 364 g/mol. The Labute approximate surface area is 158 Å². The fraction of sp³-hybridized carbons (Fsp3) is 0.143. The van der Waals surface area contributed by atoms with E-state index in [-0.39, 0.29) is 6.61 Å². The topological polar surface area (TPSA) is 72.8 Å². The highest BCUT2D eigenvalue weighted by atomic mass is 32.2. The first kappa shape index (κ1) is 18.9. The van der Waals surface area contributed by atoms with Crippen LogP contribution in [0.4, 0.5) is 0 Å². The van der Waals surface area contributed by atoms with Gasteiger partial charge in [0.2, 0.25) is 0 Å². The van der Waals surface area contributed by atoms with Crippen molar-refractivity contribution < 1.29 is 22.4 Å². The van der Waals surface area contributed by atoms with E-state index in [9.17, 15) is 13.0 Å². The lowest BCUT2D eigenvalue weighted by Crippen LogP contribution is -2.05. The molecule has 0 saturated carbocycles. The van der Waals surface area contributed by atoms with Crippen LogP contribution in [-0.4, -0.2) is 13.0 Å². The summed E-state index contributed by atoms with van der Waals surface area (Å²) in [6.07, 6.45) is 0. The average molecular weight is 384 g/mol. The van der Waals surface area contributed by atoms with Crippen molar-refractivity contribution >= 4 is 10.1 Å². The van der Waals surface area contributed by atoms with Crippen LogP contribution < -0.4 is 9.47 Å². The van der Waals surface area contributed by atoms with Gasteiger partial charge in [-0.1, -0.05) is 66.7 Å². The SMILES string of the molecule is O=S(=O)(O)Cc1ccc(OCc2ccccc2)cc1OCc1ccccc1. The van der Waals surface area contributed by atoms with Gasteiger partial charge in [-0.25, -0.2) is 0 Å². The van der Waals surface area contributed by atoms with Crippen molar-refractivity contribution in [2.24, 2.45) is 0 Å². The summed E-state index contributed by atoms with van der Waals surface area (Å²) in [5.74, 6) is 0.402. The molecule has 1 N–H and O–H groups in total. The van der Waals surface area contributed by atoms with Crippen LogP contribution in [-0.2, 0) is 29.1 Å². The Balaban J connectivity index is 1.77. The zero-order chi connectivity index (χ0) is 19.1. The molecule has 0 aliphatic carbocycles. The molecule has 0 spiro atoms. The van der Waals surface area contributed by atoms with Gasteiger partial charge in [0.05, 0.1) is 0 Å². The average Bonchev–Trinajstić information content (AvgIpc) is 2.66. The lowest BCUT2D eigenvalue weighted by atomic mass is 10.2. The molecule has 0 aliphatic rings. The standard InChI is InChI=1S/C21H20O5S/c22-27(23,24)16-19-11-12-20(25-14-17-7-3-1-4-8-17)13-21(19)26-15-18-9-5-2-6-10-18/h1-13H,14-16H2,(H,22,23,24). The lowest BCUT2D eigenvalue weighted by Gasteiger charge is -2.14. The van der Waals surface area contributed by atoms with Crippen molar-refractivity contribution in [1.82, 2.24) is 0 Å². The van der Waals surface area contributed by atoms with E-state index in [1.165, 1.54) is 0 Å². The van der Waals surface area contributed by atoms with E-state index < -0.39 is 15.9 Å². The van der Waals surface area contributed by atoms with Crippen LogP contribution in [0.1, 0.15) is 16.7 Å². The van der Waals surface area contributed by atoms with Gasteiger partial charge in [0.1, 0.15) is 30.5 Å². The molecule has 0 saturated heterocycles. The van der Waals surface area contributed by atoms with Crippen molar-refractivity contribution in [3.05, 3.63) is 95.6 Å². The van der Waals surface area contributed by atoms with Crippen molar-refractivity contribution in [2.75, 3.05) is 0 Å². The molecule has 0 atom stereocenters. The maximum atomic E-state index is 11.3. The van der Waals surface area contributed by atoms with Crippen LogP contribution in [0.25, 0.3) is 0 Å². The van der Waals surface area contributed by atoms with Gasteiger partial charge in [-0.2, -0.15) is 8.42 Å². The maximum absolute atomic E-state index is 11.3. The Hall–Kier alpha value is -2.83. The zero-order valence-electron chi connectivity index (χ0n) is 14.6. The molecule has 3 aromatic rings. The second-order valence-electron chi connectivity index (χ2n) is 6.04. The molecule has 27 heavy (non-hydrogen) atoms. The molecule has 6 heteroatoms. The highest BCUT2D eigenvalue weighted by molar-refractivity contribution is 7.85. The Morgan fingerprint density at radius 2 is 1.30 bits per heavy atom. The van der Waals surface area contributed by atoms with Crippen molar-refractivity contribution in [3.8, 4) is 11.5 Å². The largest absolute Gasteiger partial charge is 0.489 e. The zero-order valence-corrected chi connectivity index (χ0v) is 15.4. The van der Waals surface area contributed by atoms with Gasteiger partial charge < -0.3 is 9.47 Å². The summed E-state index contributed by atoms with van der Waals surface area (Å²) in [6.45, 7) is 0.665. The first-order chi connectivity index (χ1) is 13.0. The van der Waals surface area contributed by atoms with E-state index in [1.807, 2.05) is 60.7 Å². The molecule has 3 aromatic carbocycles. The summed E-state index contributed by atoms with van der Waals surface area (Å²) < 4.78 is 43.4. The van der Waals surface area contributed by atoms with Crippen LogP contribution >= 0.6 is 0 Å². The van der Waals surface area contributed by atoms with E-state index in [1.54, 1.807) is 18.2 Å². The second-order valence-corrected chi connectivity index (χ2v) is 7.50. The smallest absolute Gasteiger partial charge is 0.269 e. The Kier molecular flexibility index (Phi) is 6.11. The monoisotopic (exact) mass is 384 g/mol. The highest BCUT2D eigenvalue weighted by Crippen LogP contribution is 2.28. The molecule has 0 aromatic heterocycles. The normalized spacial score (nSPS) is 11.1. The minimum absolute atomic E-state index is 0.279. The molecule has 0 unspecified atom stereocenters. The summed E-state index contributed by atoms with van der Waals surface area (Å²) in [7, 11) is -4.17. The molecule has 0 aliphatic heterocycles. The number of hydrogen-bond acceptors (Lipinski definition) is 4. The molecule has 0 radical (unpaired) electrons. The Bertz CT molecular complexity index is 970. The van der Waals surface area contributed by atoms with Gasteiger partial charge in [0.15, 0.2) is 0 Å². The molecular formula is C21H20O5S. The third-order valence-electron chi connectivity index (χ3n) is 3.86. The lowest BCUT2D eigenvalue weighted by molar-refractivity contribution is 0.288. The fourth-order valence-electron chi connectivity index (χ4n) is 2.55. The summed E-state index contributed by atoms with van der Waals surface area (Å²) in [4.78, 5) is 0. The minimum atomic E-state index is -4.17. The Morgan fingerprint density at radius 1 is 0.741 bits per heavy atom. The fourth-order valence-corrected chi connectivity index (χ4v) is 3.18. The van der Waals surface area contributed by atoms with Crippen molar-refractivity contribution in [2.45, 2.75) is 19.0 Å². The van der Waals surface area contributed by atoms with Crippen LogP contribution in [0, 0.1) is 0 Å². The summed E-state index contributed by atoms with van der Waals surface area (Å²) in [5.41, 5.74) is 2.35. The number of ether oxygens (including phenoxy) is 2. The van der Waals surface area contributed by atoms with Gasteiger partial charge in [0, 0.05) is 11.6 Å². The molecule has 0 amide bonds. The summed E-state index contributed by atoms with van der Waals surface area (Å²) in [5, 5.41) is 0. The molecule has 140 valence electrons. The summed E-state index contributed by atoms with van der Waals surface area (Å²) in [6, 6.07) is 24.2. The van der Waals surface area contributed by atoms with Crippen LogP contribution in [0.3, 0.4) is 0 Å². The first-order valence-corrected chi connectivity index (χ1v) is 10.0. The van der Waals surface area contributed by atoms with Gasteiger partial charge >= 0.3 is 0 Å². The van der Waals surface area contributed by atoms with E-state index in [0.717, 1.165) is 11.1 Å². The number of benzene rings is 3. The molecule has 0 fully saturated rings. The third-order valence-corrected chi connectivity index (χ3v) is 4.54. The van der Waals surface area contributed by atoms with Gasteiger partial charge in [0.25, 0.3) is 10.1 Å². The minimum Gasteiger partial charge on any atom is -0.489 e. The predicted octanol–water partition coefficient (Wildman–Crippen LogP) is 4.23. The van der Waals surface area contributed by atoms with E-state index >= 15 is 0 Å². The molecule has 5 nitrogen and oxygen atoms in total. The Morgan fingerprint density at radius 3 is 1.85 bits per heavy atom. The maximum Gasteiger partial charge on any atom is 0.269 e. The van der Waals surface area contributed by atoms with Gasteiger partial charge in [-0.3, -0.25) is 4.55 Å². The second kappa shape index (κ2) is 8.70. The quantitative estimate of drug-likeness (QED) is 0.588. The van der Waals surface area contributed by atoms with Crippen molar-refractivity contribution in [1.29, 1.82) is 0 Å². The van der Waals surface area contributed by atoms with Gasteiger partial charge in [-0.15, -0.1) is 0 Å². The van der Waals surface area contributed by atoms with Crippen LogP contribution in [0.15, 0.2) is 78.9 Å². The van der Waals surface area contributed by atoms with Gasteiger partial charge in [-0.05, 0) is 17.2 Å². The molecule has 0 heterocycles. The molecule has 0 bridgehead atoms. The first-order valence-electron chi connectivity index (χ1n) is 8.41. The molecule has 3 rings (SSSR count). The number of hydrogen-bond donors (Lipinski definition) is 1. The number of rotatable bonds is 8. The van der Waals surface area contributed by atoms with E-state index in [2.05, 4.69) is 0 Å². The third kappa shape index (κ3) is 6.13.